The van der Waals surface area contributed by atoms with Crippen LogP contribution in [0.4, 0.5) is 0 Å². The highest BCUT2D eigenvalue weighted by Crippen LogP contribution is 2.22. The summed E-state index contributed by atoms with van der Waals surface area (Å²) in [5.41, 5.74) is 0.437. The highest BCUT2D eigenvalue weighted by Gasteiger charge is 2.14. The van der Waals surface area contributed by atoms with E-state index in [0.717, 1.165) is 11.4 Å². The fourth-order valence-corrected chi connectivity index (χ4v) is 1.92. The highest BCUT2D eigenvalue weighted by atomic mass is 32.1. The van der Waals surface area contributed by atoms with E-state index in [0.29, 0.717) is 18.2 Å². The molecule has 0 amide bonds. The fraction of sp³-hybridized carbons (Fsp3) is 0.600. The molecule has 1 heterocycles. The van der Waals surface area contributed by atoms with Crippen LogP contribution in [0.15, 0.2) is 5.38 Å². The molecule has 0 spiro atoms. The molecule has 0 radical (unpaired) electrons. The van der Waals surface area contributed by atoms with Gasteiger partial charge in [-0.05, 0) is 13.3 Å². The largest absolute Gasteiger partial charge is 0.461 e. The van der Waals surface area contributed by atoms with Crippen LogP contribution in [0.2, 0.25) is 0 Å². The lowest BCUT2D eigenvalue weighted by Gasteiger charge is -2.01. The lowest BCUT2D eigenvalue weighted by molar-refractivity contribution is 0.0520. The second-order valence-corrected chi connectivity index (χ2v) is 3.99. The van der Waals surface area contributed by atoms with Crippen molar-refractivity contribution in [1.82, 2.24) is 4.98 Å². The second-order valence-electron chi connectivity index (χ2n) is 3.10. The average Bonchev–Trinajstić information content (AvgIpc) is 2.66. The number of ether oxygens (including phenoxy) is 1. The van der Waals surface area contributed by atoms with Crippen LogP contribution in [0.5, 0.6) is 0 Å². The molecule has 1 rings (SSSR count). The van der Waals surface area contributed by atoms with Crippen LogP contribution >= 0.6 is 11.3 Å². The Balaban J connectivity index is 2.72. The van der Waals surface area contributed by atoms with E-state index >= 15 is 0 Å². The van der Waals surface area contributed by atoms with Crippen molar-refractivity contribution in [3.05, 3.63) is 16.1 Å². The number of esters is 1. The predicted octanol–water partition coefficient (Wildman–Crippen LogP) is 2.83. The topological polar surface area (TPSA) is 39.2 Å². The van der Waals surface area contributed by atoms with Gasteiger partial charge in [-0.2, -0.15) is 0 Å². The zero-order valence-corrected chi connectivity index (χ0v) is 9.56. The summed E-state index contributed by atoms with van der Waals surface area (Å²) in [4.78, 5) is 15.5. The number of hydrogen-bond acceptors (Lipinski definition) is 4. The van der Waals surface area contributed by atoms with E-state index in [1.54, 1.807) is 12.3 Å². The molecule has 4 heteroatoms. The number of thiazole rings is 1. The SMILES string of the molecule is CCOC(=O)c1csc(C(C)CC)n1. The molecule has 0 saturated heterocycles. The zero-order valence-electron chi connectivity index (χ0n) is 8.74. The van der Waals surface area contributed by atoms with Crippen LogP contribution < -0.4 is 0 Å². The average molecular weight is 213 g/mol. The van der Waals surface area contributed by atoms with Crippen molar-refractivity contribution >= 4 is 17.3 Å². The summed E-state index contributed by atoms with van der Waals surface area (Å²) in [5.74, 6) is 0.0986. The Morgan fingerprint density at radius 1 is 1.64 bits per heavy atom. The lowest BCUT2D eigenvalue weighted by atomic mass is 10.1. The molecule has 0 aliphatic rings. The van der Waals surface area contributed by atoms with Gasteiger partial charge in [-0.25, -0.2) is 9.78 Å². The summed E-state index contributed by atoms with van der Waals surface area (Å²) in [6.07, 6.45) is 1.04. The molecule has 1 atom stereocenters. The molecule has 1 aromatic heterocycles. The van der Waals surface area contributed by atoms with Crippen molar-refractivity contribution in [2.75, 3.05) is 6.61 Å². The van der Waals surface area contributed by atoms with Gasteiger partial charge >= 0.3 is 5.97 Å². The third-order valence-electron chi connectivity index (χ3n) is 2.04. The van der Waals surface area contributed by atoms with Crippen molar-refractivity contribution in [2.45, 2.75) is 33.1 Å². The van der Waals surface area contributed by atoms with E-state index < -0.39 is 0 Å². The smallest absolute Gasteiger partial charge is 0.357 e. The number of carbonyl (C=O) groups excluding carboxylic acids is 1. The minimum absolute atomic E-state index is 0.321. The van der Waals surface area contributed by atoms with Crippen LogP contribution in [-0.2, 0) is 4.74 Å². The first-order valence-corrected chi connectivity index (χ1v) is 5.69. The molecule has 1 aromatic rings. The number of carbonyl (C=O) groups is 1. The van der Waals surface area contributed by atoms with Crippen LogP contribution in [0.25, 0.3) is 0 Å². The molecule has 78 valence electrons. The second kappa shape index (κ2) is 5.10. The Morgan fingerprint density at radius 2 is 2.36 bits per heavy atom. The van der Waals surface area contributed by atoms with E-state index in [4.69, 9.17) is 4.74 Å². The normalized spacial score (nSPS) is 12.5. The van der Waals surface area contributed by atoms with Crippen LogP contribution in [0, 0.1) is 0 Å². The van der Waals surface area contributed by atoms with E-state index in [9.17, 15) is 4.79 Å². The first kappa shape index (κ1) is 11.2. The van der Waals surface area contributed by atoms with Crippen molar-refractivity contribution in [3.8, 4) is 0 Å². The van der Waals surface area contributed by atoms with Gasteiger partial charge in [-0.3, -0.25) is 0 Å². The molecule has 0 aliphatic heterocycles. The third kappa shape index (κ3) is 2.54. The van der Waals surface area contributed by atoms with Gasteiger partial charge in [0.25, 0.3) is 0 Å². The first-order chi connectivity index (χ1) is 6.69. The Morgan fingerprint density at radius 3 is 2.93 bits per heavy atom. The Kier molecular flexibility index (Phi) is 4.07. The van der Waals surface area contributed by atoms with Gasteiger partial charge in [0.1, 0.15) is 0 Å². The lowest BCUT2D eigenvalue weighted by Crippen LogP contribution is -2.05. The van der Waals surface area contributed by atoms with E-state index in [-0.39, 0.29) is 5.97 Å². The maximum absolute atomic E-state index is 11.3. The fourth-order valence-electron chi connectivity index (χ4n) is 0.987. The minimum atomic E-state index is -0.321. The molecule has 0 bridgehead atoms. The number of nitrogens with zero attached hydrogens (tertiary/aromatic N) is 1. The molecule has 1 unspecified atom stereocenters. The number of rotatable bonds is 4. The third-order valence-corrected chi connectivity index (χ3v) is 3.12. The minimum Gasteiger partial charge on any atom is -0.461 e. The summed E-state index contributed by atoms with van der Waals surface area (Å²) >= 11 is 1.52. The van der Waals surface area contributed by atoms with E-state index in [2.05, 4.69) is 18.8 Å². The van der Waals surface area contributed by atoms with Gasteiger partial charge in [0.15, 0.2) is 5.69 Å². The van der Waals surface area contributed by atoms with Gasteiger partial charge in [-0.15, -0.1) is 11.3 Å². The van der Waals surface area contributed by atoms with Gasteiger partial charge in [0.05, 0.1) is 11.6 Å². The molecule has 0 N–H and O–H groups in total. The van der Waals surface area contributed by atoms with Crippen LogP contribution in [0.1, 0.15) is 48.6 Å². The number of aromatic nitrogens is 1. The summed E-state index contributed by atoms with van der Waals surface area (Å²) in [6.45, 7) is 6.40. The van der Waals surface area contributed by atoms with Crippen molar-refractivity contribution < 1.29 is 9.53 Å². The Hall–Kier alpha value is -0.900. The van der Waals surface area contributed by atoms with Gasteiger partial charge in [-0.1, -0.05) is 13.8 Å². The van der Waals surface area contributed by atoms with Gasteiger partial charge in [0, 0.05) is 11.3 Å². The maximum atomic E-state index is 11.3. The molecule has 0 saturated carbocycles. The highest BCUT2D eigenvalue weighted by molar-refractivity contribution is 7.09. The summed E-state index contributed by atoms with van der Waals surface area (Å²) in [7, 11) is 0. The molecular weight excluding hydrogens is 198 g/mol. The summed E-state index contributed by atoms with van der Waals surface area (Å²) < 4.78 is 4.86. The van der Waals surface area contributed by atoms with Gasteiger partial charge in [0.2, 0.25) is 0 Å². The van der Waals surface area contributed by atoms with Crippen LogP contribution in [-0.4, -0.2) is 17.6 Å². The first-order valence-electron chi connectivity index (χ1n) is 4.81. The van der Waals surface area contributed by atoms with Crippen molar-refractivity contribution in [3.63, 3.8) is 0 Å². The molecule has 14 heavy (non-hydrogen) atoms. The molecule has 3 nitrogen and oxygen atoms in total. The van der Waals surface area contributed by atoms with Crippen LogP contribution in [0.3, 0.4) is 0 Å². The van der Waals surface area contributed by atoms with Crippen molar-refractivity contribution in [2.24, 2.45) is 0 Å². The number of hydrogen-bond donors (Lipinski definition) is 0. The Labute approximate surface area is 88.1 Å². The molecular formula is C10H15NO2S. The van der Waals surface area contributed by atoms with E-state index in [1.807, 2.05) is 0 Å². The van der Waals surface area contributed by atoms with Gasteiger partial charge < -0.3 is 4.74 Å². The van der Waals surface area contributed by atoms with E-state index in [1.165, 1.54) is 11.3 Å². The van der Waals surface area contributed by atoms with Crippen molar-refractivity contribution in [1.29, 1.82) is 0 Å². The summed E-state index contributed by atoms with van der Waals surface area (Å²) in [5, 5.41) is 2.77. The molecule has 0 fully saturated rings. The zero-order chi connectivity index (χ0) is 10.6. The summed E-state index contributed by atoms with van der Waals surface area (Å²) in [6, 6.07) is 0. The predicted molar refractivity (Wildman–Crippen MR) is 56.8 cm³/mol. The monoisotopic (exact) mass is 213 g/mol. The Bertz CT molecular complexity index is 309. The molecule has 0 aromatic carbocycles. The quantitative estimate of drug-likeness (QED) is 0.722. The standard InChI is InChI=1S/C10H15NO2S/c1-4-7(3)9-11-8(6-14-9)10(12)13-5-2/h6-7H,4-5H2,1-3H3. The molecule has 0 aliphatic carbocycles. The maximum Gasteiger partial charge on any atom is 0.357 e.